The Labute approximate surface area is 145 Å². The molecule has 4 nitrogen and oxygen atoms in total. The van der Waals surface area contributed by atoms with Crippen LogP contribution in [-0.2, 0) is 4.79 Å². The summed E-state index contributed by atoms with van der Waals surface area (Å²) in [7, 11) is 0. The molecule has 0 unspecified atom stereocenters. The van der Waals surface area contributed by atoms with E-state index >= 15 is 0 Å². The zero-order chi connectivity index (χ0) is 16.7. The fourth-order valence-electron chi connectivity index (χ4n) is 1.76. The minimum Gasteiger partial charge on any atom is -0.355 e. The van der Waals surface area contributed by atoms with Gasteiger partial charge in [-0.3, -0.25) is 4.79 Å². The zero-order valence-electron chi connectivity index (χ0n) is 13.6. The van der Waals surface area contributed by atoms with E-state index in [9.17, 15) is 4.79 Å². The molecule has 0 saturated carbocycles. The van der Waals surface area contributed by atoms with E-state index in [0.717, 1.165) is 14.9 Å². The van der Waals surface area contributed by atoms with Crippen LogP contribution >= 0.6 is 23.5 Å². The van der Waals surface area contributed by atoms with Crippen LogP contribution in [0, 0.1) is 12.8 Å². The molecule has 0 atom stereocenters. The van der Waals surface area contributed by atoms with Crippen molar-refractivity contribution in [2.75, 3.05) is 12.3 Å². The van der Waals surface area contributed by atoms with Crippen molar-refractivity contribution in [3.05, 3.63) is 42.2 Å². The van der Waals surface area contributed by atoms with E-state index in [0.29, 0.717) is 18.2 Å². The van der Waals surface area contributed by atoms with Gasteiger partial charge < -0.3 is 5.32 Å². The summed E-state index contributed by atoms with van der Waals surface area (Å²) in [5.74, 6) is 0.834. The Morgan fingerprint density at radius 2 is 1.87 bits per heavy atom. The van der Waals surface area contributed by atoms with Gasteiger partial charge in [-0.05, 0) is 24.5 Å². The predicted octanol–water partition coefficient (Wildman–Crippen LogP) is 3.80. The lowest BCUT2D eigenvalue weighted by atomic mass is 10.2. The maximum Gasteiger partial charge on any atom is 0.230 e. The molecular weight excluding hydrogens is 326 g/mol. The molecule has 0 fully saturated rings. The van der Waals surface area contributed by atoms with Gasteiger partial charge in [0, 0.05) is 23.8 Å². The molecule has 1 aromatic heterocycles. The normalized spacial score (nSPS) is 10.8. The van der Waals surface area contributed by atoms with Gasteiger partial charge in [0.25, 0.3) is 0 Å². The average molecular weight is 348 g/mol. The molecule has 6 heteroatoms. The minimum absolute atomic E-state index is 0.0289. The first kappa shape index (κ1) is 17.8. The van der Waals surface area contributed by atoms with Crippen LogP contribution in [0.25, 0.3) is 0 Å². The number of benzene rings is 1. The van der Waals surface area contributed by atoms with Crippen molar-refractivity contribution in [3.63, 3.8) is 0 Å². The summed E-state index contributed by atoms with van der Waals surface area (Å²) in [5, 5.41) is 4.54. The second-order valence-electron chi connectivity index (χ2n) is 5.52. The molecule has 122 valence electrons. The summed E-state index contributed by atoms with van der Waals surface area (Å²) < 4.78 is 0. The molecule has 2 rings (SSSR count). The second kappa shape index (κ2) is 8.93. The van der Waals surface area contributed by atoms with Crippen LogP contribution in [0.5, 0.6) is 0 Å². The molecule has 0 aliphatic carbocycles. The predicted molar refractivity (Wildman–Crippen MR) is 95.9 cm³/mol. The lowest BCUT2D eigenvalue weighted by Gasteiger charge is -2.09. The van der Waals surface area contributed by atoms with E-state index < -0.39 is 0 Å². The summed E-state index contributed by atoms with van der Waals surface area (Å²) in [5.41, 5.74) is 1.20. The van der Waals surface area contributed by atoms with Crippen LogP contribution in [0.2, 0.25) is 0 Å². The summed E-state index contributed by atoms with van der Waals surface area (Å²) in [6, 6.07) is 8.17. The second-order valence-corrected chi connectivity index (χ2v) is 7.52. The number of hydrogen-bond acceptors (Lipinski definition) is 5. The fraction of sp³-hybridized carbons (Fsp3) is 0.353. The highest BCUT2D eigenvalue weighted by atomic mass is 32.2. The third-order valence-corrected chi connectivity index (χ3v) is 5.26. The number of aromatic nitrogens is 2. The third kappa shape index (κ3) is 5.88. The number of aryl methyl sites for hydroxylation is 1. The summed E-state index contributed by atoms with van der Waals surface area (Å²) in [6.07, 6.45) is 3.35. The summed E-state index contributed by atoms with van der Waals surface area (Å²) in [4.78, 5) is 21.8. The molecule has 2 aromatic rings. The first-order valence-electron chi connectivity index (χ1n) is 7.50. The number of carbonyl (C=O) groups is 1. The Hall–Kier alpha value is -1.53. The number of carbonyl (C=O) groups excluding carboxylic acids is 1. The van der Waals surface area contributed by atoms with Gasteiger partial charge in [-0.15, -0.1) is 0 Å². The van der Waals surface area contributed by atoms with E-state index in [1.807, 2.05) is 12.1 Å². The molecule has 0 radical (unpaired) electrons. The van der Waals surface area contributed by atoms with Crippen molar-refractivity contribution in [3.8, 4) is 0 Å². The van der Waals surface area contributed by atoms with Crippen molar-refractivity contribution in [2.45, 2.75) is 35.7 Å². The molecule has 0 aliphatic rings. The van der Waals surface area contributed by atoms with Gasteiger partial charge >= 0.3 is 0 Å². The van der Waals surface area contributed by atoms with Gasteiger partial charge in [0.05, 0.1) is 5.75 Å². The molecule has 1 amide bonds. The van der Waals surface area contributed by atoms with Crippen LogP contribution in [0.3, 0.4) is 0 Å². The number of thioether (sulfide) groups is 1. The molecule has 0 spiro atoms. The van der Waals surface area contributed by atoms with E-state index in [-0.39, 0.29) is 5.91 Å². The Morgan fingerprint density at radius 1 is 1.17 bits per heavy atom. The third-order valence-electron chi connectivity index (χ3n) is 2.98. The fourth-order valence-corrected chi connectivity index (χ4v) is 3.58. The summed E-state index contributed by atoms with van der Waals surface area (Å²) in [6.45, 7) is 6.93. The number of rotatable bonds is 7. The maximum atomic E-state index is 11.9. The van der Waals surface area contributed by atoms with Crippen LogP contribution in [0.15, 0.2) is 51.6 Å². The van der Waals surface area contributed by atoms with Gasteiger partial charge in [-0.1, -0.05) is 55.6 Å². The van der Waals surface area contributed by atoms with Gasteiger partial charge in [-0.2, -0.15) is 0 Å². The first-order valence-corrected chi connectivity index (χ1v) is 9.30. The van der Waals surface area contributed by atoms with Crippen molar-refractivity contribution < 1.29 is 4.79 Å². The van der Waals surface area contributed by atoms with Crippen molar-refractivity contribution in [1.82, 2.24) is 15.3 Å². The standard InChI is InChI=1S/C17H21N3OS2/c1-12(2)10-20-15(21)11-22-16-17(19-9-8-18-16)23-14-7-5-4-6-13(14)3/h4-9,12H,10-11H2,1-3H3,(H,20,21). The minimum atomic E-state index is 0.0289. The highest BCUT2D eigenvalue weighted by Gasteiger charge is 2.11. The topological polar surface area (TPSA) is 54.9 Å². The van der Waals surface area contributed by atoms with E-state index in [1.165, 1.54) is 17.3 Å². The quantitative estimate of drug-likeness (QED) is 0.772. The average Bonchev–Trinajstić information content (AvgIpc) is 2.54. The van der Waals surface area contributed by atoms with Gasteiger partial charge in [-0.25, -0.2) is 9.97 Å². The smallest absolute Gasteiger partial charge is 0.230 e. The van der Waals surface area contributed by atoms with Crippen molar-refractivity contribution >= 4 is 29.4 Å². The van der Waals surface area contributed by atoms with E-state index in [1.54, 1.807) is 24.2 Å². The van der Waals surface area contributed by atoms with Crippen molar-refractivity contribution in [1.29, 1.82) is 0 Å². The molecule has 0 saturated heterocycles. The van der Waals surface area contributed by atoms with Crippen LogP contribution in [-0.4, -0.2) is 28.2 Å². The monoisotopic (exact) mass is 347 g/mol. The molecule has 1 N–H and O–H groups in total. The molecular formula is C17H21N3OS2. The Morgan fingerprint density at radius 3 is 2.57 bits per heavy atom. The zero-order valence-corrected chi connectivity index (χ0v) is 15.2. The highest BCUT2D eigenvalue weighted by Crippen LogP contribution is 2.33. The summed E-state index contributed by atoms with van der Waals surface area (Å²) >= 11 is 3.01. The molecule has 0 bridgehead atoms. The largest absolute Gasteiger partial charge is 0.355 e. The van der Waals surface area contributed by atoms with Crippen LogP contribution in [0.1, 0.15) is 19.4 Å². The lowest BCUT2D eigenvalue weighted by molar-refractivity contribution is -0.118. The Bertz CT molecular complexity index is 662. The first-order chi connectivity index (χ1) is 11.1. The molecule has 0 aliphatic heterocycles. The highest BCUT2D eigenvalue weighted by molar-refractivity contribution is 8.02. The number of amides is 1. The van der Waals surface area contributed by atoms with Crippen molar-refractivity contribution in [2.24, 2.45) is 5.92 Å². The molecule has 1 heterocycles. The molecule has 23 heavy (non-hydrogen) atoms. The van der Waals surface area contributed by atoms with Gasteiger partial charge in [0.15, 0.2) is 0 Å². The van der Waals surface area contributed by atoms with Gasteiger partial charge in [0.1, 0.15) is 10.1 Å². The van der Waals surface area contributed by atoms with Crippen LogP contribution < -0.4 is 5.32 Å². The maximum absolute atomic E-state index is 11.9. The SMILES string of the molecule is Cc1ccccc1Sc1nccnc1SCC(=O)NCC(C)C. The van der Waals surface area contributed by atoms with E-state index in [4.69, 9.17) is 0 Å². The van der Waals surface area contributed by atoms with Gasteiger partial charge in [0.2, 0.25) is 5.91 Å². The van der Waals surface area contributed by atoms with Crippen LogP contribution in [0.4, 0.5) is 0 Å². The molecule has 1 aromatic carbocycles. The van der Waals surface area contributed by atoms with E-state index in [2.05, 4.69) is 48.2 Å². The number of hydrogen-bond donors (Lipinski definition) is 1. The Balaban J connectivity index is 2.00. The Kier molecular flexibility index (Phi) is 6.92. The number of nitrogens with one attached hydrogen (secondary N) is 1. The lowest BCUT2D eigenvalue weighted by Crippen LogP contribution is -2.28. The number of nitrogens with zero attached hydrogens (tertiary/aromatic N) is 2.